The van der Waals surface area contributed by atoms with Gasteiger partial charge in [0, 0.05) is 29.7 Å². The van der Waals surface area contributed by atoms with E-state index < -0.39 is 0 Å². The molecule has 7 nitrogen and oxygen atoms in total. The fourth-order valence-corrected chi connectivity index (χ4v) is 4.83. The van der Waals surface area contributed by atoms with Crippen molar-refractivity contribution in [3.05, 3.63) is 88.4 Å². The summed E-state index contributed by atoms with van der Waals surface area (Å²) in [6.07, 6.45) is 0.264. The van der Waals surface area contributed by atoms with E-state index in [9.17, 15) is 9.59 Å². The van der Waals surface area contributed by atoms with Gasteiger partial charge in [0.15, 0.2) is 0 Å². The molecule has 0 aliphatic carbocycles. The normalized spacial score (nSPS) is 12.9. The van der Waals surface area contributed by atoms with Crippen molar-refractivity contribution < 1.29 is 14.3 Å². The Morgan fingerprint density at radius 1 is 1.09 bits per heavy atom. The molecule has 0 unspecified atom stereocenters. The number of fused-ring (bicyclic) bond motifs is 2. The summed E-state index contributed by atoms with van der Waals surface area (Å²) < 4.78 is 5.48. The number of nitrogens with zero attached hydrogens (tertiary/aromatic N) is 2. The summed E-state index contributed by atoms with van der Waals surface area (Å²) in [6, 6.07) is 20.8. The van der Waals surface area contributed by atoms with E-state index in [4.69, 9.17) is 15.5 Å². The third-order valence-electron chi connectivity index (χ3n) is 5.57. The Kier molecular flexibility index (Phi) is 5.66. The molecule has 2 amide bonds. The van der Waals surface area contributed by atoms with Crippen LogP contribution >= 0.6 is 11.3 Å². The second-order valence-electron chi connectivity index (χ2n) is 7.82. The van der Waals surface area contributed by atoms with Crippen molar-refractivity contribution in [3.8, 4) is 0 Å². The summed E-state index contributed by atoms with van der Waals surface area (Å²) in [6.45, 7) is 1.16. The number of anilines is 2. The van der Waals surface area contributed by atoms with Gasteiger partial charge in [-0.1, -0.05) is 48.5 Å². The Hall–Kier alpha value is -3.91. The lowest BCUT2D eigenvalue weighted by Gasteiger charge is -2.27. The molecule has 0 bridgehead atoms. The number of para-hydroxylation sites is 1. The number of benzene rings is 2. The zero-order chi connectivity index (χ0) is 22.8. The third-order valence-corrected chi connectivity index (χ3v) is 6.68. The predicted molar refractivity (Wildman–Crippen MR) is 129 cm³/mol. The van der Waals surface area contributed by atoms with Crippen LogP contribution < -0.4 is 11.1 Å². The first-order chi connectivity index (χ1) is 16.1. The zero-order valence-electron chi connectivity index (χ0n) is 17.8. The lowest BCUT2D eigenvalue weighted by atomic mass is 10.0. The highest BCUT2D eigenvalue weighted by atomic mass is 32.1. The Morgan fingerprint density at radius 2 is 1.82 bits per heavy atom. The first-order valence-electron chi connectivity index (χ1n) is 10.6. The molecular weight excluding hydrogens is 436 g/mol. The topological polar surface area (TPSA) is 97.5 Å². The zero-order valence-corrected chi connectivity index (χ0v) is 18.6. The number of thiophene rings is 1. The monoisotopic (exact) mass is 458 g/mol. The van der Waals surface area contributed by atoms with E-state index in [1.54, 1.807) is 4.90 Å². The van der Waals surface area contributed by atoms with Crippen molar-refractivity contribution in [2.24, 2.45) is 0 Å². The van der Waals surface area contributed by atoms with Gasteiger partial charge < -0.3 is 20.7 Å². The summed E-state index contributed by atoms with van der Waals surface area (Å²) in [5.41, 5.74) is 10.2. The number of nitrogens with one attached hydrogen (secondary N) is 1. The molecule has 166 valence electrons. The number of amides is 2. The molecule has 4 aromatic rings. The van der Waals surface area contributed by atoms with Gasteiger partial charge in [0.25, 0.3) is 5.91 Å². The van der Waals surface area contributed by atoms with Crippen LogP contribution in [0.5, 0.6) is 0 Å². The van der Waals surface area contributed by atoms with Crippen molar-refractivity contribution in [1.29, 1.82) is 0 Å². The standard InChI is InChI=1S/C25H22N4O3S/c26-21-19-13-17-14-29(25(31)32-15-16-7-3-1-4-8-16)12-11-20(17)28-24(19)33-22(21)23(30)27-18-9-5-2-6-10-18/h1-10,13H,11-12,14-15,26H2,(H,27,30). The van der Waals surface area contributed by atoms with Crippen molar-refractivity contribution in [2.75, 3.05) is 17.6 Å². The van der Waals surface area contributed by atoms with E-state index in [1.807, 2.05) is 66.7 Å². The van der Waals surface area contributed by atoms with Gasteiger partial charge in [-0.25, -0.2) is 9.78 Å². The fraction of sp³-hybridized carbons (Fsp3) is 0.160. The summed E-state index contributed by atoms with van der Waals surface area (Å²) in [4.78, 5) is 32.9. The molecule has 0 spiro atoms. The molecule has 0 atom stereocenters. The number of nitrogens with two attached hydrogens (primary N) is 1. The number of carbonyl (C=O) groups excluding carboxylic acids is 2. The maximum atomic E-state index is 12.8. The maximum absolute atomic E-state index is 12.8. The van der Waals surface area contributed by atoms with Crippen LogP contribution in [0.25, 0.3) is 10.2 Å². The first kappa shape index (κ1) is 21.0. The van der Waals surface area contributed by atoms with Crippen LogP contribution in [0.4, 0.5) is 16.2 Å². The minimum absolute atomic E-state index is 0.234. The molecular formula is C25H22N4O3S. The quantitative estimate of drug-likeness (QED) is 0.457. The molecule has 33 heavy (non-hydrogen) atoms. The predicted octanol–water partition coefficient (Wildman–Crippen LogP) is 4.83. The van der Waals surface area contributed by atoms with Gasteiger partial charge in [-0.15, -0.1) is 11.3 Å². The van der Waals surface area contributed by atoms with E-state index in [0.29, 0.717) is 35.8 Å². The Bertz CT molecular complexity index is 1320. The minimum atomic E-state index is -0.356. The van der Waals surface area contributed by atoms with Crippen LogP contribution in [0.15, 0.2) is 66.7 Å². The molecule has 3 N–H and O–H groups in total. The molecule has 5 rings (SSSR count). The highest BCUT2D eigenvalue weighted by molar-refractivity contribution is 7.21. The van der Waals surface area contributed by atoms with E-state index in [2.05, 4.69) is 5.32 Å². The molecule has 0 fully saturated rings. The number of carbonyl (C=O) groups is 2. The molecule has 0 saturated carbocycles. The van der Waals surface area contributed by atoms with E-state index in [1.165, 1.54) is 11.3 Å². The molecule has 3 heterocycles. The van der Waals surface area contributed by atoms with Crippen LogP contribution in [-0.4, -0.2) is 28.4 Å². The second-order valence-corrected chi connectivity index (χ2v) is 8.82. The Labute approximate surface area is 194 Å². The van der Waals surface area contributed by atoms with Crippen LogP contribution in [0.1, 0.15) is 26.5 Å². The molecule has 2 aromatic carbocycles. The van der Waals surface area contributed by atoms with Crippen LogP contribution in [0, 0.1) is 0 Å². The van der Waals surface area contributed by atoms with Gasteiger partial charge in [-0.2, -0.15) is 0 Å². The van der Waals surface area contributed by atoms with Crippen molar-refractivity contribution in [1.82, 2.24) is 9.88 Å². The fourth-order valence-electron chi connectivity index (χ4n) is 3.84. The molecule has 8 heteroatoms. The summed E-state index contributed by atoms with van der Waals surface area (Å²) in [7, 11) is 0. The molecule has 0 radical (unpaired) electrons. The van der Waals surface area contributed by atoms with Crippen LogP contribution in [0.3, 0.4) is 0 Å². The second kappa shape index (κ2) is 8.91. The van der Waals surface area contributed by atoms with E-state index in [0.717, 1.165) is 27.0 Å². The van der Waals surface area contributed by atoms with Gasteiger partial charge in [0.1, 0.15) is 16.3 Å². The van der Waals surface area contributed by atoms with Gasteiger partial charge in [-0.05, 0) is 29.3 Å². The summed E-state index contributed by atoms with van der Waals surface area (Å²) in [5, 5.41) is 3.61. The third kappa shape index (κ3) is 4.38. The SMILES string of the molecule is Nc1c(C(=O)Nc2ccccc2)sc2nc3c(cc12)CN(C(=O)OCc1ccccc1)CC3. The van der Waals surface area contributed by atoms with Crippen LogP contribution in [0.2, 0.25) is 0 Å². The van der Waals surface area contributed by atoms with Gasteiger partial charge in [0.2, 0.25) is 0 Å². The highest BCUT2D eigenvalue weighted by Crippen LogP contribution is 2.35. The van der Waals surface area contributed by atoms with Crippen molar-refractivity contribution in [3.63, 3.8) is 0 Å². The average Bonchev–Trinajstić information content (AvgIpc) is 3.17. The molecule has 1 aliphatic heterocycles. The molecule has 1 aliphatic rings. The molecule has 2 aromatic heterocycles. The van der Waals surface area contributed by atoms with E-state index >= 15 is 0 Å². The number of pyridine rings is 1. The van der Waals surface area contributed by atoms with E-state index in [-0.39, 0.29) is 18.6 Å². The highest BCUT2D eigenvalue weighted by Gasteiger charge is 2.25. The first-order valence-corrected chi connectivity index (χ1v) is 11.4. The number of aromatic nitrogens is 1. The van der Waals surface area contributed by atoms with Crippen molar-refractivity contribution in [2.45, 2.75) is 19.6 Å². The average molecular weight is 459 g/mol. The maximum Gasteiger partial charge on any atom is 0.410 e. The number of hydrogen-bond acceptors (Lipinski definition) is 6. The van der Waals surface area contributed by atoms with Gasteiger partial charge in [0.05, 0.1) is 12.2 Å². The Balaban J connectivity index is 1.33. The smallest absolute Gasteiger partial charge is 0.410 e. The number of hydrogen-bond donors (Lipinski definition) is 2. The number of ether oxygens (including phenoxy) is 1. The van der Waals surface area contributed by atoms with Crippen molar-refractivity contribution >= 4 is 44.9 Å². The lowest BCUT2D eigenvalue weighted by Crippen LogP contribution is -2.36. The lowest BCUT2D eigenvalue weighted by molar-refractivity contribution is 0.0916. The summed E-state index contributed by atoms with van der Waals surface area (Å²) in [5.74, 6) is -0.259. The number of nitrogen functional groups attached to an aromatic ring is 1. The van der Waals surface area contributed by atoms with Crippen LogP contribution in [-0.2, 0) is 24.3 Å². The Morgan fingerprint density at radius 3 is 2.58 bits per heavy atom. The largest absolute Gasteiger partial charge is 0.445 e. The molecule has 0 saturated heterocycles. The van der Waals surface area contributed by atoms with Gasteiger partial charge >= 0.3 is 6.09 Å². The number of rotatable bonds is 4. The minimum Gasteiger partial charge on any atom is -0.445 e. The summed E-state index contributed by atoms with van der Waals surface area (Å²) >= 11 is 1.28. The van der Waals surface area contributed by atoms with Gasteiger partial charge in [-0.3, -0.25) is 4.79 Å².